The van der Waals surface area contributed by atoms with Crippen LogP contribution >= 0.6 is 0 Å². The van der Waals surface area contributed by atoms with Crippen molar-refractivity contribution in [3.63, 3.8) is 0 Å². The van der Waals surface area contributed by atoms with Crippen molar-refractivity contribution in [1.29, 1.82) is 5.26 Å². The lowest BCUT2D eigenvalue weighted by atomic mass is 10.1. The molecule has 0 fully saturated rings. The molecule has 1 atom stereocenters. The number of rotatable bonds is 5. The Morgan fingerprint density at radius 2 is 1.47 bits per heavy atom. The average molecular weight is 466 g/mol. The highest BCUT2D eigenvalue weighted by Crippen LogP contribution is 2.36. The maximum Gasteiger partial charge on any atom is 0.244 e. The molecule has 6 nitrogen and oxygen atoms in total. The van der Waals surface area contributed by atoms with Crippen molar-refractivity contribution in [2.24, 2.45) is 0 Å². The molecule has 1 aromatic heterocycles. The molecule has 0 radical (unpaired) electrons. The molecular formula is C27H19N3O3S. The lowest BCUT2D eigenvalue weighted by Crippen LogP contribution is -2.15. The fourth-order valence-corrected chi connectivity index (χ4v) is 5.10. The van der Waals surface area contributed by atoms with Gasteiger partial charge in [-0.2, -0.15) is 5.26 Å². The number of nitrogens with zero attached hydrogens (tertiary/aromatic N) is 3. The van der Waals surface area contributed by atoms with Gasteiger partial charge in [-0.25, -0.2) is 18.4 Å². The minimum absolute atomic E-state index is 0.0174. The quantitative estimate of drug-likeness (QED) is 0.320. The summed E-state index contributed by atoms with van der Waals surface area (Å²) in [6.45, 7) is 1.86. The lowest BCUT2D eigenvalue weighted by molar-refractivity contribution is 0.456. The number of aryl methyl sites for hydroxylation is 1. The predicted molar refractivity (Wildman–Crippen MR) is 130 cm³/mol. The molecule has 0 aliphatic carbocycles. The van der Waals surface area contributed by atoms with E-state index in [1.165, 1.54) is 12.1 Å². The third-order valence-corrected chi connectivity index (χ3v) is 7.40. The normalized spacial score (nSPS) is 12.4. The zero-order valence-electron chi connectivity index (χ0n) is 18.2. The van der Waals surface area contributed by atoms with E-state index in [1.807, 2.05) is 49.4 Å². The SMILES string of the molecule is Cc1ccc(S(=O)(=O)[C@H](C#N)c2nc3ccccc3nc2Oc2ccc3ccccc3c2)cc1. The molecule has 0 amide bonds. The van der Waals surface area contributed by atoms with Crippen LogP contribution in [0.4, 0.5) is 0 Å². The van der Waals surface area contributed by atoms with Gasteiger partial charge in [-0.15, -0.1) is 0 Å². The van der Waals surface area contributed by atoms with Crippen LogP contribution in [0.15, 0.2) is 95.9 Å². The van der Waals surface area contributed by atoms with E-state index in [-0.39, 0.29) is 16.5 Å². The van der Waals surface area contributed by atoms with Crippen LogP contribution in [0.2, 0.25) is 0 Å². The van der Waals surface area contributed by atoms with Gasteiger partial charge in [-0.05, 0) is 54.1 Å². The number of aromatic nitrogens is 2. The number of fused-ring (bicyclic) bond motifs is 2. The van der Waals surface area contributed by atoms with Crippen LogP contribution in [0, 0.1) is 18.3 Å². The molecule has 0 N–H and O–H groups in total. The van der Waals surface area contributed by atoms with Crippen molar-refractivity contribution < 1.29 is 13.2 Å². The van der Waals surface area contributed by atoms with E-state index in [2.05, 4.69) is 9.97 Å². The van der Waals surface area contributed by atoms with Crippen LogP contribution in [0.5, 0.6) is 11.6 Å². The Kier molecular flexibility index (Phi) is 5.44. The van der Waals surface area contributed by atoms with Gasteiger partial charge < -0.3 is 4.74 Å². The van der Waals surface area contributed by atoms with Gasteiger partial charge in [0.2, 0.25) is 15.7 Å². The first kappa shape index (κ1) is 21.6. The topological polar surface area (TPSA) is 92.9 Å². The second kappa shape index (κ2) is 8.58. The number of hydrogen-bond donors (Lipinski definition) is 0. The standard InChI is InChI=1S/C27H19N3O3S/c1-18-10-14-22(15-11-18)34(31,32)25(17-28)26-27(30-24-9-5-4-8-23(24)29-26)33-21-13-12-19-6-2-3-7-20(19)16-21/h2-16,25H,1H3/t25-/m1/s1. The van der Waals surface area contributed by atoms with E-state index in [9.17, 15) is 13.7 Å². The highest BCUT2D eigenvalue weighted by molar-refractivity contribution is 7.92. The van der Waals surface area contributed by atoms with Crippen LogP contribution in [0.25, 0.3) is 21.8 Å². The average Bonchev–Trinajstić information content (AvgIpc) is 2.85. The van der Waals surface area contributed by atoms with Gasteiger partial charge in [0, 0.05) is 0 Å². The molecule has 0 aliphatic heterocycles. The Morgan fingerprint density at radius 3 is 2.18 bits per heavy atom. The van der Waals surface area contributed by atoms with E-state index in [4.69, 9.17) is 4.74 Å². The van der Waals surface area contributed by atoms with Gasteiger partial charge in [0.25, 0.3) is 0 Å². The van der Waals surface area contributed by atoms with Crippen molar-refractivity contribution in [1.82, 2.24) is 9.97 Å². The summed E-state index contributed by atoms with van der Waals surface area (Å²) in [6.07, 6.45) is 0. The Morgan fingerprint density at radius 1 is 0.824 bits per heavy atom. The van der Waals surface area contributed by atoms with Crippen LogP contribution < -0.4 is 4.74 Å². The maximum atomic E-state index is 13.4. The summed E-state index contributed by atoms with van der Waals surface area (Å²) in [5.74, 6) is 0.449. The number of hydrogen-bond acceptors (Lipinski definition) is 6. The van der Waals surface area contributed by atoms with Gasteiger partial charge >= 0.3 is 0 Å². The van der Waals surface area contributed by atoms with Gasteiger partial charge in [-0.1, -0.05) is 60.2 Å². The highest BCUT2D eigenvalue weighted by atomic mass is 32.2. The van der Waals surface area contributed by atoms with Gasteiger partial charge in [-0.3, -0.25) is 0 Å². The smallest absolute Gasteiger partial charge is 0.244 e. The first-order valence-electron chi connectivity index (χ1n) is 10.6. The lowest BCUT2D eigenvalue weighted by Gasteiger charge is -2.15. The minimum atomic E-state index is -4.08. The molecule has 0 saturated carbocycles. The van der Waals surface area contributed by atoms with Crippen molar-refractivity contribution in [2.75, 3.05) is 0 Å². The van der Waals surface area contributed by atoms with E-state index < -0.39 is 15.1 Å². The molecule has 34 heavy (non-hydrogen) atoms. The van der Waals surface area contributed by atoms with Crippen LogP contribution in [-0.2, 0) is 9.84 Å². The van der Waals surface area contributed by atoms with E-state index in [1.54, 1.807) is 42.5 Å². The van der Waals surface area contributed by atoms with Gasteiger partial charge in [0.05, 0.1) is 22.0 Å². The molecule has 0 spiro atoms. The maximum absolute atomic E-state index is 13.4. The molecule has 5 aromatic rings. The summed E-state index contributed by atoms with van der Waals surface area (Å²) in [7, 11) is -4.08. The molecule has 4 aromatic carbocycles. The molecule has 1 heterocycles. The first-order valence-corrected chi connectivity index (χ1v) is 12.1. The van der Waals surface area contributed by atoms with Crippen molar-refractivity contribution >= 4 is 31.6 Å². The minimum Gasteiger partial charge on any atom is -0.437 e. The summed E-state index contributed by atoms with van der Waals surface area (Å²) >= 11 is 0. The molecule has 0 unspecified atom stereocenters. The number of nitriles is 1. The fourth-order valence-electron chi connectivity index (χ4n) is 3.73. The second-order valence-electron chi connectivity index (χ2n) is 7.88. The number of sulfone groups is 1. The zero-order valence-corrected chi connectivity index (χ0v) is 19.0. The highest BCUT2D eigenvalue weighted by Gasteiger charge is 2.34. The molecule has 166 valence electrons. The van der Waals surface area contributed by atoms with Crippen LogP contribution in [0.1, 0.15) is 16.5 Å². The zero-order chi connectivity index (χ0) is 23.7. The van der Waals surface area contributed by atoms with E-state index in [0.29, 0.717) is 16.8 Å². The van der Waals surface area contributed by atoms with Gasteiger partial charge in [0.1, 0.15) is 11.4 Å². The van der Waals surface area contributed by atoms with Crippen LogP contribution in [-0.4, -0.2) is 18.4 Å². The van der Waals surface area contributed by atoms with Crippen LogP contribution in [0.3, 0.4) is 0 Å². The summed E-state index contributed by atoms with van der Waals surface area (Å²) in [5.41, 5.74) is 1.88. The monoisotopic (exact) mass is 465 g/mol. The number of para-hydroxylation sites is 2. The molecule has 7 heteroatoms. The predicted octanol–water partition coefficient (Wildman–Crippen LogP) is 5.92. The molecule has 0 aliphatic rings. The van der Waals surface area contributed by atoms with E-state index in [0.717, 1.165) is 16.3 Å². The number of benzene rings is 4. The van der Waals surface area contributed by atoms with E-state index >= 15 is 0 Å². The third-order valence-electron chi connectivity index (χ3n) is 5.52. The Bertz CT molecular complexity index is 1670. The largest absolute Gasteiger partial charge is 0.437 e. The summed E-state index contributed by atoms with van der Waals surface area (Å²) in [6, 6.07) is 28.7. The molecule has 0 saturated heterocycles. The Hall–Kier alpha value is -4.28. The third kappa shape index (κ3) is 3.96. The Balaban J connectivity index is 1.66. The van der Waals surface area contributed by atoms with Crippen molar-refractivity contribution in [3.8, 4) is 17.7 Å². The summed E-state index contributed by atoms with van der Waals surface area (Å²) in [4.78, 5) is 9.10. The number of ether oxygens (including phenoxy) is 1. The summed E-state index contributed by atoms with van der Waals surface area (Å²) in [5, 5.41) is 10.4. The molecular weight excluding hydrogens is 446 g/mol. The molecule has 0 bridgehead atoms. The van der Waals surface area contributed by atoms with Gasteiger partial charge in [0.15, 0.2) is 5.25 Å². The first-order chi connectivity index (χ1) is 16.5. The van der Waals surface area contributed by atoms with Crippen molar-refractivity contribution in [2.45, 2.75) is 17.1 Å². The molecule has 5 rings (SSSR count). The Labute approximate surface area is 197 Å². The van der Waals surface area contributed by atoms with Crippen molar-refractivity contribution in [3.05, 3.63) is 102 Å². The summed E-state index contributed by atoms with van der Waals surface area (Å²) < 4.78 is 33.0. The fraction of sp³-hybridized carbons (Fsp3) is 0.0741. The second-order valence-corrected chi connectivity index (χ2v) is 9.91.